The van der Waals surface area contributed by atoms with Gasteiger partial charge in [0, 0.05) is 49.2 Å². The molecule has 1 N–H and O–H groups in total. The first-order chi connectivity index (χ1) is 19.7. The Hall–Kier alpha value is -2.66. The highest BCUT2D eigenvalue weighted by atomic mass is 19.1. The van der Waals surface area contributed by atoms with E-state index in [0.29, 0.717) is 50.4 Å². The number of nitrogens with one attached hydrogen (secondary N) is 1. The van der Waals surface area contributed by atoms with Gasteiger partial charge in [-0.3, -0.25) is 9.69 Å². The number of carbonyl (C=O) groups is 1. The molecule has 4 fully saturated rings. The van der Waals surface area contributed by atoms with Gasteiger partial charge in [-0.1, -0.05) is 11.6 Å². The van der Waals surface area contributed by atoms with Gasteiger partial charge < -0.3 is 19.5 Å². The summed E-state index contributed by atoms with van der Waals surface area (Å²) in [5, 5.41) is 8.08. The van der Waals surface area contributed by atoms with Crippen LogP contribution in [0.2, 0.25) is 0 Å². The topological polar surface area (TPSA) is 96.6 Å². The summed E-state index contributed by atoms with van der Waals surface area (Å²) in [6.45, 7) is 5.50. The Kier molecular flexibility index (Phi) is 6.61. The Morgan fingerprint density at radius 2 is 1.93 bits per heavy atom. The summed E-state index contributed by atoms with van der Waals surface area (Å²) in [5.41, 5.74) is 0.664. The summed E-state index contributed by atoms with van der Waals surface area (Å²) >= 11 is 0. The van der Waals surface area contributed by atoms with Crippen LogP contribution in [0, 0.1) is 5.82 Å². The summed E-state index contributed by atoms with van der Waals surface area (Å²) < 4.78 is 42.6. The highest BCUT2D eigenvalue weighted by Crippen LogP contribution is 2.48. The number of alkyl halides is 1. The number of ketones is 1. The molecule has 2 saturated heterocycles. The van der Waals surface area contributed by atoms with Crippen LogP contribution >= 0.6 is 0 Å². The number of Topliss-reactive ketones (excluding diaryl/α,β-unsaturated/α-hetero) is 1. The molecule has 0 amide bonds. The molecule has 11 heteroatoms. The lowest BCUT2D eigenvalue weighted by atomic mass is 9.64. The average Bonchev–Trinajstić information content (AvgIpc) is 3.35. The molecule has 2 spiro atoms. The highest BCUT2D eigenvalue weighted by molar-refractivity contribution is 5.91. The number of hydrogen-bond acceptors (Lipinski definition) is 9. The third-order valence-electron chi connectivity index (χ3n) is 10.1. The lowest BCUT2D eigenvalue weighted by molar-refractivity contribution is -0.128. The van der Waals surface area contributed by atoms with Crippen molar-refractivity contribution in [2.24, 2.45) is 0 Å². The van der Waals surface area contributed by atoms with Crippen molar-refractivity contribution in [3.63, 3.8) is 0 Å². The van der Waals surface area contributed by atoms with Gasteiger partial charge in [0.15, 0.2) is 23.1 Å². The van der Waals surface area contributed by atoms with Crippen LogP contribution < -0.4 is 15.0 Å². The largest absolute Gasteiger partial charge is 0.471 e. The van der Waals surface area contributed by atoms with Gasteiger partial charge >= 0.3 is 0 Å². The van der Waals surface area contributed by atoms with E-state index in [4.69, 9.17) is 14.2 Å². The zero-order valence-electron chi connectivity index (χ0n) is 24.2. The minimum atomic E-state index is -0.939. The fourth-order valence-electron chi connectivity index (χ4n) is 7.94. The lowest BCUT2D eigenvalue weighted by Crippen LogP contribution is -2.57. The number of ether oxygens (including phenoxy) is 1. The second kappa shape index (κ2) is 9.97. The van der Waals surface area contributed by atoms with E-state index >= 15 is 4.39 Å². The fraction of sp³-hybridized carbons (Fsp3) is 0.733. The molecule has 7 rings (SSSR count). The number of likely N-dealkylation sites (N-methyl/N-ethyl adjacent to an activating group) is 1. The first-order valence-electron chi connectivity index (χ1n) is 15.3. The van der Waals surface area contributed by atoms with E-state index in [9.17, 15) is 9.18 Å². The Bertz CT molecular complexity index is 1350. The van der Waals surface area contributed by atoms with E-state index in [2.05, 4.69) is 22.4 Å². The molecule has 3 aliphatic carbocycles. The van der Waals surface area contributed by atoms with Crippen molar-refractivity contribution < 1.29 is 22.8 Å². The van der Waals surface area contributed by atoms with Crippen LogP contribution in [0.3, 0.4) is 0 Å². The molecule has 0 radical (unpaired) electrons. The Balaban J connectivity index is 1.30. The van der Waals surface area contributed by atoms with Gasteiger partial charge in [-0.05, 0) is 72.3 Å². The van der Waals surface area contributed by atoms with Gasteiger partial charge in [0.2, 0.25) is 5.82 Å². The summed E-state index contributed by atoms with van der Waals surface area (Å²) in [6, 6.07) is -0.0323. The zero-order valence-corrected chi connectivity index (χ0v) is 24.2. The van der Waals surface area contributed by atoms with E-state index in [1.807, 2.05) is 23.8 Å². The fourth-order valence-corrected chi connectivity index (χ4v) is 7.94. The molecule has 2 aliphatic heterocycles. The quantitative estimate of drug-likeness (QED) is 0.569. The molecule has 2 aromatic rings. The maximum atomic E-state index is 16.3. The Morgan fingerprint density at radius 3 is 2.66 bits per heavy atom. The van der Waals surface area contributed by atoms with E-state index in [0.717, 1.165) is 50.5 Å². The average molecular weight is 571 g/mol. The number of rotatable bonds is 5. The van der Waals surface area contributed by atoms with Crippen LogP contribution in [0.5, 0.6) is 5.88 Å². The molecule has 9 nitrogen and oxygen atoms in total. The Morgan fingerprint density at radius 1 is 1.12 bits per heavy atom. The molecule has 2 aromatic heterocycles. The van der Waals surface area contributed by atoms with Crippen LogP contribution in [0.4, 0.5) is 14.6 Å². The number of nitrogens with zero attached hydrogens (tertiary/aromatic N) is 5. The normalized spacial score (nSPS) is 32.0. The van der Waals surface area contributed by atoms with Crippen LogP contribution in [0.1, 0.15) is 83.0 Å². The minimum absolute atomic E-state index is 0.0208. The number of hydrogen-bond donors (Lipinski definition) is 1. The monoisotopic (exact) mass is 570 g/mol. The van der Waals surface area contributed by atoms with Crippen LogP contribution in [0.25, 0.3) is 11.5 Å². The molecule has 41 heavy (non-hydrogen) atoms. The van der Waals surface area contributed by atoms with Crippen LogP contribution in [-0.2, 0) is 16.6 Å². The Labute approximate surface area is 239 Å². The SMILES string of the molecule is C[C@H](Oc1nc(-c2noc3c2CCC[C@@]32CCCCC2=O)nc(N2C[C@H](C)NC3(CC3)C2)c1F)[C@@H]1C[C@@H](F)CN1C. The third-order valence-corrected chi connectivity index (χ3v) is 10.1. The molecular formula is C30H40F2N6O3. The molecule has 0 bridgehead atoms. The number of piperazine rings is 1. The molecule has 222 valence electrons. The van der Waals surface area contributed by atoms with Crippen molar-refractivity contribution in [1.82, 2.24) is 25.3 Å². The second-order valence-corrected chi connectivity index (χ2v) is 13.3. The number of likely N-dealkylation sites (tertiary alicyclic amines) is 1. The number of fused-ring (bicyclic) bond motifs is 2. The molecule has 4 heterocycles. The van der Waals surface area contributed by atoms with Crippen molar-refractivity contribution in [3.8, 4) is 17.4 Å². The molecule has 0 unspecified atom stereocenters. The van der Waals surface area contributed by atoms with E-state index < -0.39 is 23.5 Å². The first kappa shape index (κ1) is 27.2. The van der Waals surface area contributed by atoms with Gasteiger partial charge in [-0.25, -0.2) is 9.37 Å². The standard InChI is InChI=1S/C30H40F2N6O3/c1-17-14-38(16-29(35-17)11-12-29)27-23(32)28(40-18(2)21-13-19(31)15-37(21)3)34-26(33-27)24-20-7-6-10-30(25(20)41-36-24)9-5-4-8-22(30)39/h17-19,21,35H,4-16H2,1-3H3/t17-,18-,19+,21-,30+/m0/s1. The summed E-state index contributed by atoms with van der Waals surface area (Å²) in [5.74, 6) is 0.536. The summed E-state index contributed by atoms with van der Waals surface area (Å²) in [6.07, 6.45) is 6.50. The molecule has 5 aliphatic rings. The van der Waals surface area contributed by atoms with Crippen molar-refractivity contribution in [3.05, 3.63) is 17.1 Å². The molecule has 5 atom stereocenters. The minimum Gasteiger partial charge on any atom is -0.471 e. The van der Waals surface area contributed by atoms with Crippen molar-refractivity contribution in [2.45, 2.75) is 113 Å². The zero-order chi connectivity index (χ0) is 28.5. The summed E-state index contributed by atoms with van der Waals surface area (Å²) in [4.78, 5) is 26.5. The maximum Gasteiger partial charge on any atom is 0.256 e. The molecule has 0 aromatic carbocycles. The predicted molar refractivity (Wildman–Crippen MR) is 148 cm³/mol. The van der Waals surface area contributed by atoms with Gasteiger partial charge in [-0.2, -0.15) is 9.37 Å². The van der Waals surface area contributed by atoms with Crippen LogP contribution in [0.15, 0.2) is 4.52 Å². The van der Waals surface area contributed by atoms with E-state index in [-0.39, 0.29) is 40.9 Å². The van der Waals surface area contributed by atoms with Gasteiger partial charge in [-0.15, -0.1) is 0 Å². The van der Waals surface area contributed by atoms with Crippen molar-refractivity contribution in [2.75, 3.05) is 31.6 Å². The molecular weight excluding hydrogens is 530 g/mol. The predicted octanol–water partition coefficient (Wildman–Crippen LogP) is 4.13. The highest BCUT2D eigenvalue weighted by Gasteiger charge is 2.50. The number of aromatic nitrogens is 3. The third kappa shape index (κ3) is 4.63. The molecule has 2 saturated carbocycles. The number of halogens is 2. The van der Waals surface area contributed by atoms with Gasteiger partial charge in [0.1, 0.15) is 18.1 Å². The number of anilines is 1. The van der Waals surface area contributed by atoms with Gasteiger partial charge in [0.05, 0.1) is 5.41 Å². The van der Waals surface area contributed by atoms with E-state index in [1.54, 1.807) is 0 Å². The number of carbonyl (C=O) groups excluding carboxylic acids is 1. The van der Waals surface area contributed by atoms with Crippen molar-refractivity contribution >= 4 is 11.6 Å². The maximum absolute atomic E-state index is 16.3. The van der Waals surface area contributed by atoms with Crippen molar-refractivity contribution in [1.29, 1.82) is 0 Å². The lowest BCUT2D eigenvalue weighted by Gasteiger charge is -2.39. The van der Waals surface area contributed by atoms with E-state index in [1.165, 1.54) is 0 Å². The van der Waals surface area contributed by atoms with Crippen LogP contribution in [-0.4, -0.2) is 82.4 Å². The second-order valence-electron chi connectivity index (χ2n) is 13.3. The smallest absolute Gasteiger partial charge is 0.256 e. The van der Waals surface area contributed by atoms with Gasteiger partial charge in [0.25, 0.3) is 5.88 Å². The first-order valence-corrected chi connectivity index (χ1v) is 15.3. The summed E-state index contributed by atoms with van der Waals surface area (Å²) in [7, 11) is 1.86.